The molecule has 0 fully saturated rings. The molecular formula is C12H16N4O2S2. The number of aliphatic carboxylic acids is 1. The van der Waals surface area contributed by atoms with Gasteiger partial charge in [0, 0.05) is 17.5 Å². The first-order valence-electron chi connectivity index (χ1n) is 6.22. The molecule has 0 unspecified atom stereocenters. The summed E-state index contributed by atoms with van der Waals surface area (Å²) >= 11 is 2.85. The van der Waals surface area contributed by atoms with E-state index in [9.17, 15) is 4.79 Å². The second-order valence-corrected chi connectivity index (χ2v) is 6.89. The van der Waals surface area contributed by atoms with Crippen LogP contribution in [0.1, 0.15) is 32.0 Å². The van der Waals surface area contributed by atoms with E-state index in [0.29, 0.717) is 11.8 Å². The van der Waals surface area contributed by atoms with Crippen molar-refractivity contribution in [1.82, 2.24) is 20.0 Å². The summed E-state index contributed by atoms with van der Waals surface area (Å²) in [6.07, 6.45) is 0.126. The third kappa shape index (κ3) is 3.57. The molecular weight excluding hydrogens is 296 g/mol. The molecule has 2 aromatic rings. The Morgan fingerprint density at radius 2 is 2.25 bits per heavy atom. The van der Waals surface area contributed by atoms with E-state index in [4.69, 9.17) is 5.11 Å². The summed E-state index contributed by atoms with van der Waals surface area (Å²) < 4.78 is 2.73. The average Bonchev–Trinajstić information content (AvgIpc) is 2.95. The zero-order valence-electron chi connectivity index (χ0n) is 11.5. The fourth-order valence-corrected chi connectivity index (χ4v) is 3.52. The van der Waals surface area contributed by atoms with E-state index in [1.165, 1.54) is 23.1 Å². The first-order valence-corrected chi connectivity index (χ1v) is 8.02. The van der Waals surface area contributed by atoms with Crippen LogP contribution in [0.15, 0.2) is 10.4 Å². The summed E-state index contributed by atoms with van der Waals surface area (Å²) in [6, 6.07) is 2.30. The van der Waals surface area contributed by atoms with Gasteiger partial charge in [0.1, 0.15) is 5.69 Å². The molecule has 0 saturated heterocycles. The van der Waals surface area contributed by atoms with Crippen LogP contribution in [-0.4, -0.2) is 36.8 Å². The Morgan fingerprint density at radius 3 is 2.85 bits per heavy atom. The lowest BCUT2D eigenvalue weighted by molar-refractivity contribution is -0.136. The Labute approximate surface area is 125 Å². The van der Waals surface area contributed by atoms with Gasteiger partial charge in [0.2, 0.25) is 0 Å². The van der Waals surface area contributed by atoms with E-state index in [-0.39, 0.29) is 6.42 Å². The van der Waals surface area contributed by atoms with E-state index < -0.39 is 5.97 Å². The second kappa shape index (κ2) is 6.36. The van der Waals surface area contributed by atoms with Crippen molar-refractivity contribution in [3.8, 4) is 10.7 Å². The zero-order valence-corrected chi connectivity index (χ0v) is 13.2. The minimum absolute atomic E-state index is 0.126. The van der Waals surface area contributed by atoms with Crippen LogP contribution < -0.4 is 0 Å². The average molecular weight is 312 g/mol. The van der Waals surface area contributed by atoms with Gasteiger partial charge in [-0.15, -0.1) is 10.2 Å². The van der Waals surface area contributed by atoms with E-state index in [0.717, 1.165) is 20.7 Å². The van der Waals surface area contributed by atoms with Crippen molar-refractivity contribution in [2.24, 2.45) is 0 Å². The first-order chi connectivity index (χ1) is 9.47. The van der Waals surface area contributed by atoms with Gasteiger partial charge in [0.15, 0.2) is 9.35 Å². The SMILES string of the molecule is Cc1cc(-c2nnc(SCCC(=O)O)s2)nn1C(C)C. The van der Waals surface area contributed by atoms with Crippen LogP contribution in [0.25, 0.3) is 10.7 Å². The summed E-state index contributed by atoms with van der Waals surface area (Å²) in [5, 5.41) is 22.1. The quantitative estimate of drug-likeness (QED) is 0.826. The number of rotatable bonds is 6. The molecule has 2 aromatic heterocycles. The molecule has 0 atom stereocenters. The maximum absolute atomic E-state index is 10.5. The summed E-state index contributed by atoms with van der Waals surface area (Å²) in [5.74, 6) is -0.294. The highest BCUT2D eigenvalue weighted by molar-refractivity contribution is 8.01. The van der Waals surface area contributed by atoms with Gasteiger partial charge in [0.25, 0.3) is 0 Å². The van der Waals surface area contributed by atoms with Crippen molar-refractivity contribution < 1.29 is 9.90 Å². The van der Waals surface area contributed by atoms with Gasteiger partial charge < -0.3 is 5.11 Å². The number of carboxylic acid groups (broad SMARTS) is 1. The smallest absolute Gasteiger partial charge is 0.304 e. The van der Waals surface area contributed by atoms with Crippen LogP contribution >= 0.6 is 23.1 Å². The Balaban J connectivity index is 2.08. The first kappa shape index (κ1) is 15.0. The van der Waals surface area contributed by atoms with E-state index in [1.54, 1.807) is 0 Å². The number of hydrogen-bond donors (Lipinski definition) is 1. The van der Waals surface area contributed by atoms with Crippen molar-refractivity contribution in [2.75, 3.05) is 5.75 Å². The standard InChI is InChI=1S/C12H16N4O2S2/c1-7(2)16-8(3)6-9(15-16)11-13-14-12(20-11)19-5-4-10(17)18/h6-7H,4-5H2,1-3H3,(H,17,18). The minimum Gasteiger partial charge on any atom is -0.481 e. The molecule has 1 N–H and O–H groups in total. The van der Waals surface area contributed by atoms with Gasteiger partial charge in [-0.05, 0) is 26.8 Å². The van der Waals surface area contributed by atoms with Crippen molar-refractivity contribution >= 4 is 29.1 Å². The molecule has 20 heavy (non-hydrogen) atoms. The van der Waals surface area contributed by atoms with Gasteiger partial charge in [-0.3, -0.25) is 9.48 Å². The summed E-state index contributed by atoms with van der Waals surface area (Å²) in [5.41, 5.74) is 1.91. The molecule has 0 radical (unpaired) electrons. The number of carboxylic acids is 1. The number of aryl methyl sites for hydroxylation is 1. The lowest BCUT2D eigenvalue weighted by atomic mass is 10.3. The predicted octanol–water partition coefficient (Wildman–Crippen LogP) is 2.86. The summed E-state index contributed by atoms with van der Waals surface area (Å²) in [7, 11) is 0. The van der Waals surface area contributed by atoms with E-state index in [1.807, 2.05) is 17.7 Å². The molecule has 0 amide bonds. The van der Waals surface area contributed by atoms with E-state index in [2.05, 4.69) is 29.1 Å². The van der Waals surface area contributed by atoms with Crippen molar-refractivity contribution in [1.29, 1.82) is 0 Å². The van der Waals surface area contributed by atoms with Crippen molar-refractivity contribution in [2.45, 2.75) is 37.6 Å². The monoisotopic (exact) mass is 312 g/mol. The van der Waals surface area contributed by atoms with Crippen molar-refractivity contribution in [3.05, 3.63) is 11.8 Å². The zero-order chi connectivity index (χ0) is 14.7. The molecule has 2 heterocycles. The number of aromatic nitrogens is 4. The molecule has 0 spiro atoms. The van der Waals surface area contributed by atoms with Crippen LogP contribution in [0.5, 0.6) is 0 Å². The summed E-state index contributed by atoms with van der Waals surface area (Å²) in [6.45, 7) is 6.17. The number of carbonyl (C=O) groups is 1. The third-order valence-electron chi connectivity index (χ3n) is 2.58. The molecule has 0 bridgehead atoms. The minimum atomic E-state index is -0.798. The number of nitrogens with zero attached hydrogens (tertiary/aromatic N) is 4. The lowest BCUT2D eigenvalue weighted by Crippen LogP contribution is -2.04. The molecule has 0 aliphatic heterocycles. The van der Waals surface area contributed by atoms with Crippen LogP contribution in [0.3, 0.4) is 0 Å². The molecule has 0 aliphatic rings. The molecule has 0 aromatic carbocycles. The highest BCUT2D eigenvalue weighted by Gasteiger charge is 2.13. The Bertz CT molecular complexity index is 606. The van der Waals surface area contributed by atoms with Gasteiger partial charge in [-0.2, -0.15) is 5.10 Å². The molecule has 0 aliphatic carbocycles. The van der Waals surface area contributed by atoms with Gasteiger partial charge in [-0.25, -0.2) is 0 Å². The molecule has 2 rings (SSSR count). The Morgan fingerprint density at radius 1 is 1.50 bits per heavy atom. The highest BCUT2D eigenvalue weighted by Crippen LogP contribution is 2.29. The number of thioether (sulfide) groups is 1. The Kier molecular flexibility index (Phi) is 4.77. The van der Waals surface area contributed by atoms with Gasteiger partial charge in [0.05, 0.1) is 6.42 Å². The lowest BCUT2D eigenvalue weighted by Gasteiger charge is -2.06. The van der Waals surface area contributed by atoms with Gasteiger partial charge in [-0.1, -0.05) is 23.1 Å². The molecule has 0 saturated carbocycles. The molecule has 6 nitrogen and oxygen atoms in total. The number of hydrogen-bond acceptors (Lipinski definition) is 6. The third-order valence-corrected chi connectivity index (χ3v) is 4.66. The van der Waals surface area contributed by atoms with Crippen LogP contribution in [-0.2, 0) is 4.79 Å². The second-order valence-electron chi connectivity index (χ2n) is 4.57. The topological polar surface area (TPSA) is 80.9 Å². The fourth-order valence-electron chi connectivity index (χ4n) is 1.71. The predicted molar refractivity (Wildman–Crippen MR) is 79.2 cm³/mol. The largest absolute Gasteiger partial charge is 0.481 e. The van der Waals surface area contributed by atoms with E-state index >= 15 is 0 Å². The highest BCUT2D eigenvalue weighted by atomic mass is 32.2. The Hall–Kier alpha value is -1.41. The molecule has 108 valence electrons. The van der Waals surface area contributed by atoms with Crippen LogP contribution in [0.4, 0.5) is 0 Å². The maximum Gasteiger partial charge on any atom is 0.304 e. The van der Waals surface area contributed by atoms with Crippen LogP contribution in [0, 0.1) is 6.92 Å². The molecule has 8 heteroatoms. The maximum atomic E-state index is 10.5. The van der Waals surface area contributed by atoms with Crippen LogP contribution in [0.2, 0.25) is 0 Å². The normalized spacial score (nSPS) is 11.2. The fraction of sp³-hybridized carbons (Fsp3) is 0.500. The summed E-state index contributed by atoms with van der Waals surface area (Å²) in [4.78, 5) is 10.5. The van der Waals surface area contributed by atoms with Gasteiger partial charge >= 0.3 is 5.97 Å². The van der Waals surface area contributed by atoms with Crippen molar-refractivity contribution in [3.63, 3.8) is 0 Å².